The van der Waals surface area contributed by atoms with Crippen LogP contribution in [0.5, 0.6) is 0 Å². The molecule has 0 bridgehead atoms. The van der Waals surface area contributed by atoms with Crippen LogP contribution in [0.1, 0.15) is 39.0 Å². The second kappa shape index (κ2) is 6.86. The quantitative estimate of drug-likeness (QED) is 0.860. The number of anilines is 2. The molecule has 0 aliphatic heterocycles. The van der Waals surface area contributed by atoms with Gasteiger partial charge in [0.1, 0.15) is 0 Å². The van der Waals surface area contributed by atoms with Crippen molar-refractivity contribution >= 4 is 11.6 Å². The number of pyridine rings is 1. The summed E-state index contributed by atoms with van der Waals surface area (Å²) < 4.78 is 27.5. The molecule has 5 heteroatoms. The van der Waals surface area contributed by atoms with E-state index >= 15 is 0 Å². The summed E-state index contributed by atoms with van der Waals surface area (Å²) in [6, 6.07) is 0.922. The largest absolute Gasteiger partial charge is 0.368 e. The molecule has 0 spiro atoms. The van der Waals surface area contributed by atoms with Gasteiger partial charge in [0.25, 0.3) is 0 Å². The second-order valence-corrected chi connectivity index (χ2v) is 5.58. The van der Waals surface area contributed by atoms with Gasteiger partial charge in [0.15, 0.2) is 23.3 Å². The summed E-state index contributed by atoms with van der Waals surface area (Å²) in [5.74, 6) is -0.254. The Kier molecular flexibility index (Phi) is 5.15. The first-order valence-corrected chi connectivity index (χ1v) is 7.42. The third-order valence-corrected chi connectivity index (χ3v) is 3.82. The van der Waals surface area contributed by atoms with Crippen LogP contribution in [0.3, 0.4) is 0 Å². The summed E-state index contributed by atoms with van der Waals surface area (Å²) in [6.07, 6.45) is 5.75. The molecule has 2 rings (SSSR count). The molecular formula is C15H23F2N3. The monoisotopic (exact) mass is 283 g/mol. The molecule has 1 heterocycles. The normalized spacial score (nSPS) is 15.6. The average Bonchev–Trinajstić information content (AvgIpc) is 2.90. The van der Waals surface area contributed by atoms with E-state index in [-0.39, 0.29) is 11.6 Å². The van der Waals surface area contributed by atoms with Crippen LogP contribution in [0, 0.1) is 17.6 Å². The van der Waals surface area contributed by atoms with Gasteiger partial charge >= 0.3 is 0 Å². The maximum atomic E-state index is 13.9. The second-order valence-electron chi connectivity index (χ2n) is 5.58. The molecule has 20 heavy (non-hydrogen) atoms. The summed E-state index contributed by atoms with van der Waals surface area (Å²) >= 11 is 0. The van der Waals surface area contributed by atoms with Crippen LogP contribution in [0.2, 0.25) is 0 Å². The van der Waals surface area contributed by atoms with E-state index in [4.69, 9.17) is 0 Å². The summed E-state index contributed by atoms with van der Waals surface area (Å²) in [7, 11) is 1.82. The van der Waals surface area contributed by atoms with E-state index in [9.17, 15) is 8.78 Å². The van der Waals surface area contributed by atoms with Crippen molar-refractivity contribution in [2.45, 2.75) is 39.0 Å². The molecule has 0 unspecified atom stereocenters. The molecule has 0 radical (unpaired) electrons. The minimum atomic E-state index is -0.631. The van der Waals surface area contributed by atoms with Crippen molar-refractivity contribution in [2.24, 2.45) is 5.92 Å². The lowest BCUT2D eigenvalue weighted by molar-refractivity contribution is 0.529. The van der Waals surface area contributed by atoms with Gasteiger partial charge < -0.3 is 10.2 Å². The van der Waals surface area contributed by atoms with Gasteiger partial charge in [0.05, 0.1) is 0 Å². The summed E-state index contributed by atoms with van der Waals surface area (Å²) in [5.41, 5.74) is 0. The average molecular weight is 283 g/mol. The highest BCUT2D eigenvalue weighted by molar-refractivity contribution is 5.48. The van der Waals surface area contributed by atoms with E-state index in [2.05, 4.69) is 10.3 Å². The smallest absolute Gasteiger partial charge is 0.168 e. The van der Waals surface area contributed by atoms with Crippen LogP contribution < -0.4 is 10.2 Å². The van der Waals surface area contributed by atoms with Crippen LogP contribution in [-0.2, 0) is 0 Å². The van der Waals surface area contributed by atoms with Gasteiger partial charge in [-0.3, -0.25) is 0 Å². The molecule has 1 aromatic rings. The zero-order valence-electron chi connectivity index (χ0n) is 12.3. The molecular weight excluding hydrogens is 260 g/mol. The number of hydrogen-bond acceptors (Lipinski definition) is 3. The highest BCUT2D eigenvalue weighted by atomic mass is 19.1. The van der Waals surface area contributed by atoms with Gasteiger partial charge in [-0.15, -0.1) is 0 Å². The van der Waals surface area contributed by atoms with Gasteiger partial charge in [-0.2, -0.15) is 0 Å². The Morgan fingerprint density at radius 3 is 2.65 bits per heavy atom. The molecule has 1 aliphatic rings. The molecule has 1 aromatic heterocycles. The molecule has 0 saturated heterocycles. The van der Waals surface area contributed by atoms with Gasteiger partial charge in [-0.1, -0.05) is 19.8 Å². The van der Waals surface area contributed by atoms with Crippen molar-refractivity contribution in [2.75, 3.05) is 30.4 Å². The summed E-state index contributed by atoms with van der Waals surface area (Å²) in [6.45, 7) is 3.39. The third kappa shape index (κ3) is 3.58. The fraction of sp³-hybridized carbons (Fsp3) is 0.667. The first-order chi connectivity index (χ1) is 9.61. The lowest BCUT2D eigenvalue weighted by Gasteiger charge is -2.23. The van der Waals surface area contributed by atoms with Crippen LogP contribution in [0.4, 0.5) is 20.4 Å². The number of rotatable bonds is 6. The van der Waals surface area contributed by atoms with Crippen molar-refractivity contribution in [3.05, 3.63) is 17.7 Å². The Balaban J connectivity index is 2.12. The fourth-order valence-electron chi connectivity index (χ4n) is 2.76. The van der Waals surface area contributed by atoms with E-state index < -0.39 is 11.6 Å². The fourth-order valence-corrected chi connectivity index (χ4v) is 2.76. The lowest BCUT2D eigenvalue weighted by Crippen LogP contribution is -2.26. The first-order valence-electron chi connectivity index (χ1n) is 7.42. The van der Waals surface area contributed by atoms with Gasteiger partial charge in [0.2, 0.25) is 0 Å². The van der Waals surface area contributed by atoms with Crippen molar-refractivity contribution in [3.8, 4) is 0 Å². The minimum Gasteiger partial charge on any atom is -0.368 e. The molecule has 0 amide bonds. The zero-order chi connectivity index (χ0) is 14.5. The summed E-state index contributed by atoms with van der Waals surface area (Å²) in [4.78, 5) is 5.92. The Hall–Kier alpha value is -1.39. The number of nitrogens with zero attached hydrogens (tertiary/aromatic N) is 2. The van der Waals surface area contributed by atoms with Crippen molar-refractivity contribution in [1.29, 1.82) is 0 Å². The van der Waals surface area contributed by atoms with E-state index in [0.29, 0.717) is 12.5 Å². The highest BCUT2D eigenvalue weighted by Gasteiger charge is 2.20. The molecule has 1 N–H and O–H groups in total. The van der Waals surface area contributed by atoms with Crippen molar-refractivity contribution in [3.63, 3.8) is 0 Å². The van der Waals surface area contributed by atoms with Gasteiger partial charge in [-0.05, 0) is 25.2 Å². The maximum Gasteiger partial charge on any atom is 0.168 e. The first kappa shape index (κ1) is 15.0. The van der Waals surface area contributed by atoms with Gasteiger partial charge in [-0.25, -0.2) is 13.8 Å². The topological polar surface area (TPSA) is 28.2 Å². The van der Waals surface area contributed by atoms with Gasteiger partial charge in [0, 0.05) is 26.2 Å². The Bertz CT molecular complexity index is 445. The Labute approximate surface area is 119 Å². The molecule has 112 valence electrons. The Morgan fingerprint density at radius 1 is 1.30 bits per heavy atom. The third-order valence-electron chi connectivity index (χ3n) is 3.82. The highest BCUT2D eigenvalue weighted by Crippen LogP contribution is 2.28. The van der Waals surface area contributed by atoms with E-state index in [0.717, 1.165) is 19.0 Å². The lowest BCUT2D eigenvalue weighted by atomic mass is 10.1. The van der Waals surface area contributed by atoms with Crippen LogP contribution in [0.15, 0.2) is 6.07 Å². The van der Waals surface area contributed by atoms with Crippen LogP contribution in [0.25, 0.3) is 0 Å². The molecule has 1 fully saturated rings. The van der Waals surface area contributed by atoms with Crippen LogP contribution in [-0.4, -0.2) is 25.1 Å². The molecule has 1 aliphatic carbocycles. The number of hydrogen-bond donors (Lipinski definition) is 1. The molecule has 0 aromatic carbocycles. The van der Waals surface area contributed by atoms with E-state index in [1.807, 2.05) is 18.9 Å². The predicted octanol–water partition coefficient (Wildman–Crippen LogP) is 3.81. The molecule has 0 atom stereocenters. The number of aromatic nitrogens is 1. The van der Waals surface area contributed by atoms with E-state index in [1.54, 1.807) is 0 Å². The Morgan fingerprint density at radius 2 is 2.00 bits per heavy atom. The maximum absolute atomic E-state index is 13.9. The minimum absolute atomic E-state index is 0.140. The predicted molar refractivity (Wildman–Crippen MR) is 78.2 cm³/mol. The molecule has 1 saturated carbocycles. The molecule has 3 nitrogen and oxygen atoms in total. The van der Waals surface area contributed by atoms with E-state index in [1.165, 1.54) is 25.7 Å². The van der Waals surface area contributed by atoms with Crippen molar-refractivity contribution < 1.29 is 8.78 Å². The van der Waals surface area contributed by atoms with Crippen LogP contribution >= 0.6 is 0 Å². The zero-order valence-corrected chi connectivity index (χ0v) is 12.3. The van der Waals surface area contributed by atoms with Crippen molar-refractivity contribution in [1.82, 2.24) is 4.98 Å². The number of nitrogens with one attached hydrogen (secondary N) is 1. The summed E-state index contributed by atoms with van der Waals surface area (Å²) in [5, 5.41) is 2.90. The number of halogens is 2. The SMILES string of the molecule is CCCNc1nc(N(C)CC2CCCC2)c(F)cc1F. The standard InChI is InChI=1S/C15H23F2N3/c1-3-8-18-14-12(16)9-13(17)15(19-14)20(2)10-11-6-4-5-7-11/h9,11H,3-8,10H2,1-2H3,(H,18,19).